The van der Waals surface area contributed by atoms with Crippen molar-refractivity contribution in [3.8, 4) is 0 Å². The fourth-order valence-electron chi connectivity index (χ4n) is 0.589. The lowest BCUT2D eigenvalue weighted by Gasteiger charge is -1.85. The minimum atomic E-state index is 0. The lowest BCUT2D eigenvalue weighted by Crippen LogP contribution is -1.63. The Morgan fingerprint density at radius 1 is 1.00 bits per heavy atom. The van der Waals surface area contributed by atoms with Gasteiger partial charge in [0.15, 0.2) is 0 Å². The SMILES string of the molecule is C.C.C=Cc1ccccc1. The zero-order valence-corrected chi connectivity index (χ0v) is 4.67. The summed E-state index contributed by atoms with van der Waals surface area (Å²) in [5.74, 6) is 0. The van der Waals surface area contributed by atoms with Gasteiger partial charge in [0.25, 0.3) is 0 Å². The molecule has 0 aliphatic carbocycles. The Balaban J connectivity index is 0. The van der Waals surface area contributed by atoms with Crippen LogP contribution in [0.4, 0.5) is 0 Å². The molecule has 0 bridgehead atoms. The standard InChI is InChI=1S/C8H8.2CH4/c1-2-8-6-4-3-5-7-8;;/h2-7H,1H2;2*1H4. The number of hydrogen-bond acceptors (Lipinski definition) is 0. The summed E-state index contributed by atoms with van der Waals surface area (Å²) in [5, 5.41) is 0. The quantitative estimate of drug-likeness (QED) is 0.553. The van der Waals surface area contributed by atoms with Crippen LogP contribution < -0.4 is 0 Å². The maximum absolute atomic E-state index is 3.63. The second kappa shape index (κ2) is 6.09. The molecule has 10 heavy (non-hydrogen) atoms. The highest BCUT2D eigenvalue weighted by molar-refractivity contribution is 5.45. The minimum Gasteiger partial charge on any atom is -0.0985 e. The van der Waals surface area contributed by atoms with Crippen molar-refractivity contribution in [1.29, 1.82) is 0 Å². The first-order chi connectivity index (χ1) is 3.93. The van der Waals surface area contributed by atoms with Crippen molar-refractivity contribution in [2.75, 3.05) is 0 Å². The van der Waals surface area contributed by atoms with Gasteiger partial charge in [-0.2, -0.15) is 0 Å². The number of benzene rings is 1. The average Bonchev–Trinajstić information content (AvgIpc) is 1.90. The summed E-state index contributed by atoms with van der Waals surface area (Å²) in [6, 6.07) is 10.0. The maximum Gasteiger partial charge on any atom is -0.0263 e. The molecule has 0 aromatic heterocycles. The van der Waals surface area contributed by atoms with Crippen molar-refractivity contribution in [3.05, 3.63) is 42.5 Å². The molecule has 56 valence electrons. The molecular formula is C10H16. The summed E-state index contributed by atoms with van der Waals surface area (Å²) in [6.07, 6.45) is 1.83. The van der Waals surface area contributed by atoms with Crippen LogP contribution in [0.1, 0.15) is 20.4 Å². The van der Waals surface area contributed by atoms with Crippen LogP contribution in [0.25, 0.3) is 6.08 Å². The predicted octanol–water partition coefficient (Wildman–Crippen LogP) is 3.60. The van der Waals surface area contributed by atoms with Gasteiger partial charge in [-0.25, -0.2) is 0 Å². The normalized spacial score (nSPS) is 6.80. The minimum absolute atomic E-state index is 0. The molecule has 0 fully saturated rings. The number of hydrogen-bond donors (Lipinski definition) is 0. The van der Waals surface area contributed by atoms with Crippen LogP contribution in [-0.2, 0) is 0 Å². The van der Waals surface area contributed by atoms with Crippen molar-refractivity contribution >= 4 is 6.08 Å². The largest absolute Gasteiger partial charge is 0.0985 e. The predicted molar refractivity (Wildman–Crippen MR) is 50.0 cm³/mol. The molecule has 0 saturated carbocycles. The summed E-state index contributed by atoms with van der Waals surface area (Å²) in [4.78, 5) is 0. The zero-order valence-electron chi connectivity index (χ0n) is 4.67. The van der Waals surface area contributed by atoms with Gasteiger partial charge < -0.3 is 0 Å². The van der Waals surface area contributed by atoms with E-state index in [2.05, 4.69) is 6.58 Å². The van der Waals surface area contributed by atoms with Gasteiger partial charge in [0.2, 0.25) is 0 Å². The van der Waals surface area contributed by atoms with Gasteiger partial charge in [0.1, 0.15) is 0 Å². The zero-order chi connectivity index (χ0) is 5.82. The first-order valence-corrected chi connectivity index (χ1v) is 2.61. The summed E-state index contributed by atoms with van der Waals surface area (Å²) >= 11 is 0. The first kappa shape index (κ1) is 11.7. The first-order valence-electron chi connectivity index (χ1n) is 2.61. The fourth-order valence-corrected chi connectivity index (χ4v) is 0.589. The van der Waals surface area contributed by atoms with E-state index in [0.29, 0.717) is 0 Å². The van der Waals surface area contributed by atoms with E-state index in [1.807, 2.05) is 36.4 Å². The van der Waals surface area contributed by atoms with Crippen LogP contribution >= 0.6 is 0 Å². The number of rotatable bonds is 1. The van der Waals surface area contributed by atoms with Gasteiger partial charge in [0.05, 0.1) is 0 Å². The Bertz CT molecular complexity index is 163. The van der Waals surface area contributed by atoms with E-state index in [0.717, 1.165) is 0 Å². The summed E-state index contributed by atoms with van der Waals surface area (Å²) in [7, 11) is 0. The molecule has 0 heteroatoms. The van der Waals surface area contributed by atoms with E-state index >= 15 is 0 Å². The van der Waals surface area contributed by atoms with Gasteiger partial charge in [-0.1, -0.05) is 57.8 Å². The molecule has 0 aliphatic rings. The van der Waals surface area contributed by atoms with Gasteiger partial charge in [-0.3, -0.25) is 0 Å². The Morgan fingerprint density at radius 3 is 1.80 bits per heavy atom. The molecule has 0 unspecified atom stereocenters. The lowest BCUT2D eigenvalue weighted by molar-refractivity contribution is 1.67. The molecule has 0 saturated heterocycles. The summed E-state index contributed by atoms with van der Waals surface area (Å²) in [6.45, 7) is 3.63. The van der Waals surface area contributed by atoms with Crippen molar-refractivity contribution in [3.63, 3.8) is 0 Å². The second-order valence-corrected chi connectivity index (χ2v) is 1.61. The van der Waals surface area contributed by atoms with Crippen molar-refractivity contribution in [2.24, 2.45) is 0 Å². The van der Waals surface area contributed by atoms with E-state index in [-0.39, 0.29) is 14.9 Å². The average molecular weight is 136 g/mol. The molecule has 0 nitrogen and oxygen atoms in total. The van der Waals surface area contributed by atoms with Crippen LogP contribution in [0.3, 0.4) is 0 Å². The lowest BCUT2D eigenvalue weighted by atomic mass is 10.2. The van der Waals surface area contributed by atoms with Crippen LogP contribution in [0.5, 0.6) is 0 Å². The van der Waals surface area contributed by atoms with Crippen LogP contribution in [-0.4, -0.2) is 0 Å². The van der Waals surface area contributed by atoms with Gasteiger partial charge in [0, 0.05) is 0 Å². The van der Waals surface area contributed by atoms with Crippen LogP contribution in [0.15, 0.2) is 36.9 Å². The highest BCUT2D eigenvalue weighted by Crippen LogP contribution is 1.97. The Kier molecular flexibility index (Phi) is 7.13. The Labute approximate surface area is 64.2 Å². The van der Waals surface area contributed by atoms with E-state index in [9.17, 15) is 0 Å². The molecule has 0 radical (unpaired) electrons. The molecule has 1 aromatic carbocycles. The summed E-state index contributed by atoms with van der Waals surface area (Å²) < 4.78 is 0. The van der Waals surface area contributed by atoms with E-state index < -0.39 is 0 Å². The molecule has 0 amide bonds. The third-order valence-electron chi connectivity index (χ3n) is 1.04. The second-order valence-electron chi connectivity index (χ2n) is 1.61. The summed E-state index contributed by atoms with van der Waals surface area (Å²) in [5.41, 5.74) is 1.17. The molecular weight excluding hydrogens is 120 g/mol. The van der Waals surface area contributed by atoms with Gasteiger partial charge >= 0.3 is 0 Å². The molecule has 1 aromatic rings. The van der Waals surface area contributed by atoms with Crippen LogP contribution in [0.2, 0.25) is 0 Å². The highest BCUT2D eigenvalue weighted by atomic mass is 13.8. The topological polar surface area (TPSA) is 0 Å². The van der Waals surface area contributed by atoms with Gasteiger partial charge in [-0.05, 0) is 5.56 Å². The molecule has 0 aliphatic heterocycles. The Hall–Kier alpha value is -1.04. The van der Waals surface area contributed by atoms with Gasteiger partial charge in [-0.15, -0.1) is 0 Å². The van der Waals surface area contributed by atoms with Crippen molar-refractivity contribution < 1.29 is 0 Å². The highest BCUT2D eigenvalue weighted by Gasteiger charge is 1.75. The monoisotopic (exact) mass is 136 g/mol. The fraction of sp³-hybridized carbons (Fsp3) is 0.200. The molecule has 0 N–H and O–H groups in total. The van der Waals surface area contributed by atoms with Crippen LogP contribution in [0, 0.1) is 0 Å². The smallest absolute Gasteiger partial charge is 0.0263 e. The molecule has 0 spiro atoms. The molecule has 0 heterocycles. The van der Waals surface area contributed by atoms with Crippen molar-refractivity contribution in [2.45, 2.75) is 14.9 Å². The molecule has 0 atom stereocenters. The van der Waals surface area contributed by atoms with E-state index in [1.165, 1.54) is 5.56 Å². The maximum atomic E-state index is 3.63. The van der Waals surface area contributed by atoms with E-state index in [4.69, 9.17) is 0 Å². The third kappa shape index (κ3) is 3.08. The van der Waals surface area contributed by atoms with E-state index in [1.54, 1.807) is 0 Å². The Morgan fingerprint density at radius 2 is 1.50 bits per heavy atom. The molecule has 1 rings (SSSR count). The van der Waals surface area contributed by atoms with Crippen molar-refractivity contribution in [1.82, 2.24) is 0 Å². The third-order valence-corrected chi connectivity index (χ3v) is 1.04.